The number of aromatic nitrogens is 2. The maximum absolute atomic E-state index is 12.8. The number of hydrogen-bond acceptors (Lipinski definition) is 4. The third kappa shape index (κ3) is 4.26. The van der Waals surface area contributed by atoms with Crippen LogP contribution >= 0.6 is 0 Å². The van der Waals surface area contributed by atoms with E-state index in [1.807, 2.05) is 66.5 Å². The van der Waals surface area contributed by atoms with Gasteiger partial charge >= 0.3 is 0 Å². The van der Waals surface area contributed by atoms with Crippen LogP contribution in [-0.4, -0.2) is 35.7 Å². The van der Waals surface area contributed by atoms with Crippen LogP contribution in [0.2, 0.25) is 0 Å². The lowest BCUT2D eigenvalue weighted by atomic mass is 9.95. The first-order valence-electron chi connectivity index (χ1n) is 9.94. The SMILES string of the molecule is COc1ccc(C)cc1NC(=O)C1CCN(c2ccc(-n3cccc3)cn2)CC1. The fraction of sp³-hybridized carbons (Fsp3) is 0.304. The number of ether oxygens (including phenoxy) is 1. The Hall–Kier alpha value is -3.28. The van der Waals surface area contributed by atoms with Crippen molar-refractivity contribution >= 4 is 17.4 Å². The molecule has 29 heavy (non-hydrogen) atoms. The Morgan fingerprint density at radius 2 is 1.90 bits per heavy atom. The van der Waals surface area contributed by atoms with Gasteiger partial charge in [0, 0.05) is 31.4 Å². The van der Waals surface area contributed by atoms with Gasteiger partial charge in [0.25, 0.3) is 0 Å². The van der Waals surface area contributed by atoms with Gasteiger partial charge in [-0.3, -0.25) is 4.79 Å². The summed E-state index contributed by atoms with van der Waals surface area (Å²) in [7, 11) is 1.62. The molecule has 0 spiro atoms. The molecular weight excluding hydrogens is 364 g/mol. The number of nitrogens with one attached hydrogen (secondary N) is 1. The van der Waals surface area contributed by atoms with Gasteiger partial charge in [-0.25, -0.2) is 4.98 Å². The number of benzene rings is 1. The fourth-order valence-corrected chi connectivity index (χ4v) is 3.75. The first kappa shape index (κ1) is 19.1. The summed E-state index contributed by atoms with van der Waals surface area (Å²) >= 11 is 0. The van der Waals surface area contributed by atoms with E-state index in [-0.39, 0.29) is 11.8 Å². The van der Waals surface area contributed by atoms with Crippen molar-refractivity contribution in [1.82, 2.24) is 9.55 Å². The molecule has 0 radical (unpaired) electrons. The van der Waals surface area contributed by atoms with Crippen LogP contribution in [0.5, 0.6) is 5.75 Å². The summed E-state index contributed by atoms with van der Waals surface area (Å²) in [6.07, 6.45) is 7.51. The van der Waals surface area contributed by atoms with Crippen LogP contribution in [0.4, 0.5) is 11.5 Å². The van der Waals surface area contributed by atoms with E-state index >= 15 is 0 Å². The van der Waals surface area contributed by atoms with Crippen LogP contribution in [0, 0.1) is 12.8 Å². The molecule has 150 valence electrons. The molecule has 1 fully saturated rings. The summed E-state index contributed by atoms with van der Waals surface area (Å²) in [6.45, 7) is 3.64. The maximum atomic E-state index is 12.8. The number of methoxy groups -OCH3 is 1. The van der Waals surface area contributed by atoms with Crippen LogP contribution in [-0.2, 0) is 4.79 Å². The van der Waals surface area contributed by atoms with Crippen molar-refractivity contribution in [3.05, 3.63) is 66.6 Å². The number of piperidine rings is 1. The van der Waals surface area contributed by atoms with E-state index in [2.05, 4.69) is 21.3 Å². The van der Waals surface area contributed by atoms with Crippen molar-refractivity contribution in [2.75, 3.05) is 30.4 Å². The van der Waals surface area contributed by atoms with E-state index in [0.717, 1.165) is 48.7 Å². The van der Waals surface area contributed by atoms with Gasteiger partial charge in [-0.2, -0.15) is 0 Å². The minimum absolute atomic E-state index is 0.00406. The second kappa shape index (κ2) is 8.39. The molecule has 2 aromatic heterocycles. The molecule has 1 aliphatic heterocycles. The van der Waals surface area contributed by atoms with Crippen LogP contribution in [0.15, 0.2) is 61.1 Å². The highest BCUT2D eigenvalue weighted by Gasteiger charge is 2.26. The van der Waals surface area contributed by atoms with Gasteiger partial charge in [-0.05, 0) is 61.7 Å². The zero-order valence-electron chi connectivity index (χ0n) is 16.8. The van der Waals surface area contributed by atoms with Crippen molar-refractivity contribution in [2.24, 2.45) is 5.92 Å². The van der Waals surface area contributed by atoms with Crippen LogP contribution in [0.1, 0.15) is 18.4 Å². The monoisotopic (exact) mass is 390 g/mol. The number of pyridine rings is 1. The third-order valence-electron chi connectivity index (χ3n) is 5.44. The summed E-state index contributed by atoms with van der Waals surface area (Å²) < 4.78 is 7.40. The molecule has 0 bridgehead atoms. The highest BCUT2D eigenvalue weighted by atomic mass is 16.5. The molecule has 6 heteroatoms. The molecule has 6 nitrogen and oxygen atoms in total. The van der Waals surface area contributed by atoms with Crippen molar-refractivity contribution in [2.45, 2.75) is 19.8 Å². The molecule has 1 N–H and O–H groups in total. The molecule has 0 unspecified atom stereocenters. The fourth-order valence-electron chi connectivity index (χ4n) is 3.75. The number of hydrogen-bond donors (Lipinski definition) is 1. The number of carbonyl (C=O) groups excluding carboxylic acids is 1. The van der Waals surface area contributed by atoms with E-state index in [4.69, 9.17) is 4.74 Å². The predicted molar refractivity (Wildman–Crippen MR) is 115 cm³/mol. The van der Waals surface area contributed by atoms with Crippen LogP contribution in [0.3, 0.4) is 0 Å². The molecular formula is C23H26N4O2. The lowest BCUT2D eigenvalue weighted by Crippen LogP contribution is -2.38. The summed E-state index contributed by atoms with van der Waals surface area (Å²) in [5.41, 5.74) is 2.87. The summed E-state index contributed by atoms with van der Waals surface area (Å²) in [5, 5.41) is 3.05. The Morgan fingerprint density at radius 1 is 1.14 bits per heavy atom. The van der Waals surface area contributed by atoms with Gasteiger partial charge in [0.2, 0.25) is 5.91 Å². The maximum Gasteiger partial charge on any atom is 0.227 e. The lowest BCUT2D eigenvalue weighted by Gasteiger charge is -2.32. The van der Waals surface area contributed by atoms with E-state index < -0.39 is 0 Å². The first-order chi connectivity index (χ1) is 14.1. The second-order valence-corrected chi connectivity index (χ2v) is 7.42. The quantitative estimate of drug-likeness (QED) is 0.714. The normalized spacial score (nSPS) is 14.6. The average molecular weight is 390 g/mol. The molecule has 4 rings (SSSR count). The van der Waals surface area contributed by atoms with E-state index in [1.54, 1.807) is 7.11 Å². The van der Waals surface area contributed by atoms with Gasteiger partial charge in [0.15, 0.2) is 0 Å². The molecule has 1 aromatic carbocycles. The minimum atomic E-state index is -0.00406. The molecule has 3 aromatic rings. The highest BCUT2D eigenvalue weighted by Crippen LogP contribution is 2.28. The van der Waals surface area contributed by atoms with Crippen molar-refractivity contribution in [3.63, 3.8) is 0 Å². The minimum Gasteiger partial charge on any atom is -0.495 e. The number of aryl methyl sites for hydroxylation is 1. The van der Waals surface area contributed by atoms with E-state index in [0.29, 0.717) is 5.75 Å². The second-order valence-electron chi connectivity index (χ2n) is 7.42. The Balaban J connectivity index is 1.35. The Labute approximate surface area is 171 Å². The smallest absolute Gasteiger partial charge is 0.227 e. The molecule has 0 saturated carbocycles. The number of carbonyl (C=O) groups is 1. The molecule has 1 amide bonds. The number of rotatable bonds is 5. The van der Waals surface area contributed by atoms with Gasteiger partial charge < -0.3 is 19.5 Å². The predicted octanol–water partition coefficient (Wildman–Crippen LogP) is 4.04. The van der Waals surface area contributed by atoms with Gasteiger partial charge in [0.1, 0.15) is 11.6 Å². The van der Waals surface area contributed by atoms with Gasteiger partial charge in [-0.15, -0.1) is 0 Å². The zero-order valence-corrected chi connectivity index (χ0v) is 16.8. The summed E-state index contributed by atoms with van der Waals surface area (Å²) in [4.78, 5) is 19.6. The Bertz CT molecular complexity index is 959. The first-order valence-corrected chi connectivity index (χ1v) is 9.94. The van der Waals surface area contributed by atoms with Crippen molar-refractivity contribution in [1.29, 1.82) is 0 Å². The van der Waals surface area contributed by atoms with Crippen molar-refractivity contribution < 1.29 is 9.53 Å². The standard InChI is InChI=1S/C23H26N4O2/c1-17-5-7-21(29-2)20(15-17)25-23(28)18-9-13-27(14-10-18)22-8-6-19(16-24-22)26-11-3-4-12-26/h3-8,11-12,15-16,18H,9-10,13-14H2,1-2H3,(H,25,28). The topological polar surface area (TPSA) is 59.4 Å². The van der Waals surface area contributed by atoms with Gasteiger partial charge in [0.05, 0.1) is 24.7 Å². The zero-order chi connectivity index (χ0) is 20.2. The Morgan fingerprint density at radius 3 is 2.55 bits per heavy atom. The number of nitrogens with zero attached hydrogens (tertiary/aromatic N) is 3. The van der Waals surface area contributed by atoms with E-state index in [1.165, 1.54) is 0 Å². The number of amides is 1. The molecule has 0 atom stereocenters. The average Bonchev–Trinajstić information content (AvgIpc) is 3.29. The lowest BCUT2D eigenvalue weighted by molar-refractivity contribution is -0.120. The largest absolute Gasteiger partial charge is 0.495 e. The molecule has 1 saturated heterocycles. The highest BCUT2D eigenvalue weighted by molar-refractivity contribution is 5.94. The van der Waals surface area contributed by atoms with Crippen LogP contribution < -0.4 is 15.0 Å². The van der Waals surface area contributed by atoms with Crippen LogP contribution in [0.25, 0.3) is 5.69 Å². The Kier molecular flexibility index (Phi) is 5.51. The molecule has 3 heterocycles. The third-order valence-corrected chi connectivity index (χ3v) is 5.44. The van der Waals surface area contributed by atoms with E-state index in [9.17, 15) is 4.79 Å². The molecule has 0 aliphatic carbocycles. The number of anilines is 2. The summed E-state index contributed by atoms with van der Waals surface area (Å²) in [6, 6.07) is 13.9. The molecule has 1 aliphatic rings. The summed E-state index contributed by atoms with van der Waals surface area (Å²) in [5.74, 6) is 1.70. The van der Waals surface area contributed by atoms with Gasteiger partial charge in [-0.1, -0.05) is 6.07 Å². The van der Waals surface area contributed by atoms with Crippen molar-refractivity contribution in [3.8, 4) is 11.4 Å².